The highest BCUT2D eigenvalue weighted by Gasteiger charge is 2.28. The van der Waals surface area contributed by atoms with Gasteiger partial charge in [0, 0.05) is 10.3 Å². The van der Waals surface area contributed by atoms with E-state index in [1.807, 2.05) is 11.8 Å². The molecule has 116 valence electrons. The molecule has 0 saturated heterocycles. The average molecular weight is 327 g/mol. The fraction of sp³-hybridized carbons (Fsp3) is 0.588. The molecule has 4 heteroatoms. The molecule has 0 spiro atoms. The minimum Gasteiger partial charge on any atom is -0.458 e. The quantitative estimate of drug-likeness (QED) is 0.521. The van der Waals surface area contributed by atoms with Crippen molar-refractivity contribution in [2.24, 2.45) is 0 Å². The highest BCUT2D eigenvalue weighted by atomic mass is 35.5. The van der Waals surface area contributed by atoms with Crippen molar-refractivity contribution in [2.75, 3.05) is 5.75 Å². The molecule has 0 bridgehead atoms. The van der Waals surface area contributed by atoms with Gasteiger partial charge in [-0.1, -0.05) is 31.4 Å². The number of thioether (sulfide) groups is 1. The molecule has 0 N–H and O–H groups in total. The highest BCUT2D eigenvalue weighted by molar-refractivity contribution is 7.99. The van der Waals surface area contributed by atoms with Crippen molar-refractivity contribution in [3.8, 4) is 0 Å². The number of ether oxygens (including phenoxy) is 1. The Balaban J connectivity index is 1.91. The first-order valence-electron chi connectivity index (χ1n) is 7.79. The van der Waals surface area contributed by atoms with E-state index in [1.54, 1.807) is 24.3 Å². The van der Waals surface area contributed by atoms with Gasteiger partial charge in [-0.25, -0.2) is 4.79 Å². The zero-order chi connectivity index (χ0) is 15.1. The molecular formula is C17H23ClO2S. The third-order valence-electron chi connectivity index (χ3n) is 3.81. The van der Waals surface area contributed by atoms with Gasteiger partial charge in [-0.2, -0.15) is 11.8 Å². The minimum absolute atomic E-state index is 0.0591. The Morgan fingerprint density at radius 3 is 2.71 bits per heavy atom. The number of rotatable bonds is 6. The second-order valence-electron chi connectivity index (χ2n) is 5.50. The average Bonchev–Trinajstić information content (AvgIpc) is 2.50. The van der Waals surface area contributed by atoms with Crippen LogP contribution in [0.3, 0.4) is 0 Å². The van der Waals surface area contributed by atoms with Gasteiger partial charge in [0.15, 0.2) is 0 Å². The molecular weight excluding hydrogens is 304 g/mol. The van der Waals surface area contributed by atoms with E-state index in [1.165, 1.54) is 19.3 Å². The first-order chi connectivity index (χ1) is 10.2. The van der Waals surface area contributed by atoms with Crippen LogP contribution < -0.4 is 0 Å². The number of hydrogen-bond acceptors (Lipinski definition) is 3. The summed E-state index contributed by atoms with van der Waals surface area (Å²) in [7, 11) is 0. The molecule has 1 aliphatic rings. The first kappa shape index (κ1) is 16.7. The molecule has 2 atom stereocenters. The summed E-state index contributed by atoms with van der Waals surface area (Å²) in [6, 6.07) is 6.92. The summed E-state index contributed by atoms with van der Waals surface area (Å²) >= 11 is 7.82. The lowest BCUT2D eigenvalue weighted by molar-refractivity contribution is 0.0229. The fourth-order valence-corrected chi connectivity index (χ4v) is 4.18. The van der Waals surface area contributed by atoms with Crippen LogP contribution >= 0.6 is 23.4 Å². The van der Waals surface area contributed by atoms with E-state index in [2.05, 4.69) is 6.92 Å². The fourth-order valence-electron chi connectivity index (χ4n) is 2.56. The Morgan fingerprint density at radius 2 is 2.00 bits per heavy atom. The summed E-state index contributed by atoms with van der Waals surface area (Å²) in [4.78, 5) is 12.2. The summed E-state index contributed by atoms with van der Waals surface area (Å²) in [5.74, 6) is 0.940. The Morgan fingerprint density at radius 1 is 1.29 bits per heavy atom. The topological polar surface area (TPSA) is 26.3 Å². The Bertz CT molecular complexity index is 447. The van der Waals surface area contributed by atoms with Gasteiger partial charge < -0.3 is 4.74 Å². The van der Waals surface area contributed by atoms with Crippen molar-refractivity contribution in [3.63, 3.8) is 0 Å². The van der Waals surface area contributed by atoms with Crippen LogP contribution in [-0.2, 0) is 4.74 Å². The lowest BCUT2D eigenvalue weighted by atomic mass is 9.97. The first-order valence-corrected chi connectivity index (χ1v) is 9.21. The van der Waals surface area contributed by atoms with Gasteiger partial charge in [0.05, 0.1) is 5.56 Å². The third-order valence-corrected chi connectivity index (χ3v) is 5.55. The highest BCUT2D eigenvalue weighted by Crippen LogP contribution is 2.32. The SMILES string of the molecule is CCCCSC1CCCCC1OC(=O)c1ccc(Cl)cc1. The van der Waals surface area contributed by atoms with E-state index >= 15 is 0 Å². The number of carbonyl (C=O) groups is 1. The van der Waals surface area contributed by atoms with Gasteiger partial charge in [-0.05, 0) is 55.7 Å². The van der Waals surface area contributed by atoms with Crippen LogP contribution in [0.2, 0.25) is 5.02 Å². The summed E-state index contributed by atoms with van der Waals surface area (Å²) in [5, 5.41) is 1.10. The van der Waals surface area contributed by atoms with E-state index < -0.39 is 0 Å². The summed E-state index contributed by atoms with van der Waals surface area (Å²) in [6.45, 7) is 2.21. The molecule has 1 aromatic rings. The maximum absolute atomic E-state index is 12.2. The largest absolute Gasteiger partial charge is 0.458 e. The van der Waals surface area contributed by atoms with Gasteiger partial charge in [0.25, 0.3) is 0 Å². The molecule has 2 unspecified atom stereocenters. The van der Waals surface area contributed by atoms with Crippen LogP contribution in [0, 0.1) is 0 Å². The number of benzene rings is 1. The van der Waals surface area contributed by atoms with Crippen LogP contribution in [0.5, 0.6) is 0 Å². The number of carbonyl (C=O) groups excluding carboxylic acids is 1. The molecule has 0 aliphatic heterocycles. The number of esters is 1. The van der Waals surface area contributed by atoms with Gasteiger partial charge in [-0.3, -0.25) is 0 Å². The monoisotopic (exact) mass is 326 g/mol. The van der Waals surface area contributed by atoms with Crippen molar-refractivity contribution >= 4 is 29.3 Å². The van der Waals surface area contributed by atoms with E-state index in [0.717, 1.165) is 25.0 Å². The predicted molar refractivity (Wildman–Crippen MR) is 90.3 cm³/mol. The Hall–Kier alpha value is -0.670. The Kier molecular flexibility index (Phi) is 6.91. The summed E-state index contributed by atoms with van der Waals surface area (Å²) in [6.07, 6.45) is 7.07. The lowest BCUT2D eigenvalue weighted by Crippen LogP contribution is -2.32. The van der Waals surface area contributed by atoms with E-state index in [-0.39, 0.29) is 12.1 Å². The number of halogens is 1. The van der Waals surface area contributed by atoms with Crippen molar-refractivity contribution in [3.05, 3.63) is 34.9 Å². The predicted octanol–water partition coefficient (Wildman–Crippen LogP) is 5.34. The number of unbranched alkanes of at least 4 members (excludes halogenated alkanes) is 1. The number of hydrogen-bond donors (Lipinski definition) is 0. The minimum atomic E-state index is -0.223. The molecule has 1 aromatic carbocycles. The zero-order valence-corrected chi connectivity index (χ0v) is 14.1. The van der Waals surface area contributed by atoms with Crippen molar-refractivity contribution in [1.29, 1.82) is 0 Å². The molecule has 0 aromatic heterocycles. The van der Waals surface area contributed by atoms with Crippen LogP contribution in [0.25, 0.3) is 0 Å². The lowest BCUT2D eigenvalue weighted by Gasteiger charge is -2.30. The third kappa shape index (κ3) is 5.23. The van der Waals surface area contributed by atoms with E-state index in [4.69, 9.17) is 16.3 Å². The Labute approximate surface area is 136 Å². The molecule has 0 heterocycles. The zero-order valence-electron chi connectivity index (χ0n) is 12.5. The molecule has 1 saturated carbocycles. The van der Waals surface area contributed by atoms with Gasteiger partial charge >= 0.3 is 5.97 Å². The molecule has 0 amide bonds. The van der Waals surface area contributed by atoms with Crippen LogP contribution in [0.1, 0.15) is 55.8 Å². The van der Waals surface area contributed by atoms with Crippen LogP contribution in [-0.4, -0.2) is 23.1 Å². The van der Waals surface area contributed by atoms with E-state index in [0.29, 0.717) is 15.8 Å². The van der Waals surface area contributed by atoms with Gasteiger partial charge in [0.1, 0.15) is 6.10 Å². The van der Waals surface area contributed by atoms with E-state index in [9.17, 15) is 4.79 Å². The second kappa shape index (κ2) is 8.70. The summed E-state index contributed by atoms with van der Waals surface area (Å²) in [5.41, 5.74) is 0.585. The normalized spacial score (nSPS) is 22.0. The standard InChI is InChI=1S/C17H23ClO2S/c1-2-3-12-21-16-7-5-4-6-15(16)20-17(19)13-8-10-14(18)11-9-13/h8-11,15-16H,2-7,12H2,1H3. The second-order valence-corrected chi connectivity index (χ2v) is 7.28. The molecule has 0 radical (unpaired) electrons. The molecule has 1 aliphatic carbocycles. The van der Waals surface area contributed by atoms with Crippen molar-refractivity contribution in [1.82, 2.24) is 0 Å². The maximum Gasteiger partial charge on any atom is 0.338 e. The molecule has 2 nitrogen and oxygen atoms in total. The van der Waals surface area contributed by atoms with Crippen molar-refractivity contribution in [2.45, 2.75) is 56.8 Å². The molecule has 2 rings (SSSR count). The van der Waals surface area contributed by atoms with Crippen molar-refractivity contribution < 1.29 is 9.53 Å². The molecule has 1 fully saturated rings. The van der Waals surface area contributed by atoms with Crippen LogP contribution in [0.15, 0.2) is 24.3 Å². The maximum atomic E-state index is 12.2. The van der Waals surface area contributed by atoms with Gasteiger partial charge in [0.2, 0.25) is 0 Å². The summed E-state index contributed by atoms with van der Waals surface area (Å²) < 4.78 is 5.76. The smallest absolute Gasteiger partial charge is 0.338 e. The van der Waals surface area contributed by atoms with Gasteiger partial charge in [-0.15, -0.1) is 0 Å². The molecule has 21 heavy (non-hydrogen) atoms. The van der Waals surface area contributed by atoms with Crippen LogP contribution in [0.4, 0.5) is 0 Å².